The quantitative estimate of drug-likeness (QED) is 0.271. The van der Waals surface area contributed by atoms with Crippen molar-refractivity contribution in [1.29, 1.82) is 0 Å². The Morgan fingerprint density at radius 1 is 0.661 bits per heavy atom. The van der Waals surface area contributed by atoms with E-state index in [0.29, 0.717) is 17.3 Å². The average molecular weight is 863 g/mol. The molecule has 6 aliphatic carbocycles. The molecule has 0 aromatic heterocycles. The second-order valence-corrected chi connectivity index (χ2v) is 20.4. The van der Waals surface area contributed by atoms with Crippen LogP contribution in [0, 0.1) is 67.7 Å². The van der Waals surface area contributed by atoms with E-state index in [1.54, 1.807) is 0 Å². The van der Waals surface area contributed by atoms with Gasteiger partial charge in [-0.3, -0.25) is 6.08 Å². The van der Waals surface area contributed by atoms with Crippen molar-refractivity contribution in [3.63, 3.8) is 0 Å². The van der Waals surface area contributed by atoms with Crippen molar-refractivity contribution in [3.8, 4) is 0 Å². The Hall–Kier alpha value is -2.31. The normalized spacial score (nSPS) is 37.9. The maximum atomic E-state index is 3.40. The topological polar surface area (TPSA) is 0 Å². The first-order chi connectivity index (χ1) is 25.2. The molecule has 2 saturated carbocycles. The molecule has 8 rings (SSSR count). The molecule has 0 N–H and O–H groups in total. The molecule has 56 heavy (non-hydrogen) atoms. The van der Waals surface area contributed by atoms with Gasteiger partial charge in [-0.15, -0.1) is 17.4 Å². The van der Waals surface area contributed by atoms with Crippen LogP contribution >= 0.6 is 0 Å². The van der Waals surface area contributed by atoms with Crippen LogP contribution in [0.1, 0.15) is 101 Å². The van der Waals surface area contributed by atoms with Gasteiger partial charge >= 0.3 is 99.2 Å². The zero-order valence-corrected chi connectivity index (χ0v) is 40.2. The van der Waals surface area contributed by atoms with E-state index in [-0.39, 0.29) is 62.7 Å². The van der Waals surface area contributed by atoms with Crippen molar-refractivity contribution in [2.45, 2.75) is 90.0 Å². The van der Waals surface area contributed by atoms with Crippen LogP contribution in [0.2, 0.25) is 0 Å². The average Bonchev–Trinajstić information content (AvgIpc) is 3.60. The second-order valence-electron chi connectivity index (χ2n) is 19.2. The number of benzene rings is 2. The maximum absolute atomic E-state index is 3.40. The predicted molar refractivity (Wildman–Crippen MR) is 229 cm³/mol. The molecule has 0 radical (unpaired) electrons. The van der Waals surface area contributed by atoms with E-state index >= 15 is 0 Å². The Bertz CT molecular complexity index is 1990. The second kappa shape index (κ2) is 16.0. The third-order valence-corrected chi connectivity index (χ3v) is 17.7. The molecule has 0 nitrogen and oxygen atoms in total. The van der Waals surface area contributed by atoms with Crippen LogP contribution in [0.25, 0.3) is 0 Å². The number of hydrogen-bond acceptors (Lipinski definition) is 0. The first kappa shape index (κ1) is 46.4. The van der Waals surface area contributed by atoms with Gasteiger partial charge in [-0.2, -0.15) is 11.6 Å². The van der Waals surface area contributed by atoms with Crippen LogP contribution in [0.3, 0.4) is 0 Å². The van der Waals surface area contributed by atoms with E-state index in [4.69, 9.17) is 0 Å². The molecule has 9 atom stereocenters. The molecule has 0 amide bonds. The van der Waals surface area contributed by atoms with Crippen LogP contribution in [0.4, 0.5) is 0 Å². The van der Waals surface area contributed by atoms with Gasteiger partial charge in [0.1, 0.15) is 0 Å². The molecule has 0 bridgehead atoms. The van der Waals surface area contributed by atoms with Crippen LogP contribution in [0.15, 0.2) is 150 Å². The van der Waals surface area contributed by atoms with Crippen molar-refractivity contribution in [3.05, 3.63) is 174 Å². The van der Waals surface area contributed by atoms with Gasteiger partial charge in [0.05, 0.1) is 0 Å². The van der Waals surface area contributed by atoms with Gasteiger partial charge < -0.3 is 31.2 Å². The van der Waals surface area contributed by atoms with Gasteiger partial charge in [-0.25, -0.2) is 5.57 Å². The van der Waals surface area contributed by atoms with E-state index in [0.717, 1.165) is 0 Å². The fraction of sp³-hybridized carbons (Fsp3) is 0.434. The van der Waals surface area contributed by atoms with Crippen LogP contribution in [0.5, 0.6) is 0 Å². The molecule has 296 valence electrons. The fourth-order valence-electron chi connectivity index (χ4n) is 12.3. The summed E-state index contributed by atoms with van der Waals surface area (Å²) < 4.78 is 1.42. The van der Waals surface area contributed by atoms with Gasteiger partial charge in [-0.1, -0.05) is 161 Å². The summed E-state index contributed by atoms with van der Waals surface area (Å²) in [4.78, 5) is 0. The first-order valence-electron chi connectivity index (χ1n) is 20.2. The molecule has 9 unspecified atom stereocenters. The van der Waals surface area contributed by atoms with Crippen LogP contribution in [-0.4, -0.2) is 3.21 Å². The molecule has 0 aliphatic heterocycles. The Balaban J connectivity index is 0.000000215. The van der Waals surface area contributed by atoms with Crippen molar-refractivity contribution in [2.75, 3.05) is 0 Å². The summed E-state index contributed by atoms with van der Waals surface area (Å²) in [5.74, 6) is 0.977. The van der Waals surface area contributed by atoms with Crippen LogP contribution in [-0.2, 0) is 24.2 Å². The van der Waals surface area contributed by atoms with Gasteiger partial charge in [-0.05, 0) is 28.6 Å². The molecule has 0 saturated heterocycles. The monoisotopic (exact) mass is 860 g/mol. The number of rotatable bonds is 2. The summed E-state index contributed by atoms with van der Waals surface area (Å²) in [5, 5.41) is 0. The van der Waals surface area contributed by atoms with Crippen molar-refractivity contribution < 1.29 is 49.0 Å². The minimum absolute atomic E-state index is 0. The third-order valence-electron chi connectivity index (χ3n) is 16.2. The van der Waals surface area contributed by atoms with Gasteiger partial charge in [0.25, 0.3) is 0 Å². The Labute approximate surface area is 368 Å². The van der Waals surface area contributed by atoms with E-state index < -0.39 is 0 Å². The molecular weight excluding hydrogens is 799 g/mol. The van der Waals surface area contributed by atoms with Gasteiger partial charge in [0.15, 0.2) is 0 Å². The van der Waals surface area contributed by atoms with E-state index in [1.165, 1.54) is 55.3 Å². The summed E-state index contributed by atoms with van der Waals surface area (Å²) in [6, 6.07) is 21.1. The molecule has 0 heterocycles. The molecule has 3 heteroatoms. The zero-order valence-electron chi connectivity index (χ0n) is 36.2. The standard InChI is InChI=1S/C29H37.C13H10.C11H17.2ClH.Zr/c1-21-14-13-15-22-20-27(6)25(4)18-10-9-16-23(25,2)24(3)17-11-12-19-26(24,5)29(27,8)28(21,22)7;1-3-7-12(8-4-1)11-13-9-5-2-6-10-13;1-8-6-9(2)10(7-8)11(3,4)5;;;/h9-20,22H,1-8H3;1-10H;7-8H,1-5H3;2*1H;/q-1;;-1;;;+2/p-2. The molecule has 6 aliphatic rings. The van der Waals surface area contributed by atoms with Gasteiger partial charge in [0, 0.05) is 10.8 Å². The Morgan fingerprint density at radius 3 is 1.54 bits per heavy atom. The third kappa shape index (κ3) is 6.43. The first-order valence-corrected chi connectivity index (χ1v) is 21.4. The van der Waals surface area contributed by atoms with Crippen molar-refractivity contribution in [2.24, 2.45) is 55.2 Å². The number of fused-ring (bicyclic) bond motifs is 8. The fourth-order valence-corrected chi connectivity index (χ4v) is 13.1. The summed E-state index contributed by atoms with van der Waals surface area (Å²) in [7, 11) is 0. The summed E-state index contributed by atoms with van der Waals surface area (Å²) in [6.45, 7) is 31.4. The van der Waals surface area contributed by atoms with Crippen molar-refractivity contribution >= 4 is 3.21 Å². The number of hydrogen-bond donors (Lipinski definition) is 0. The number of halogens is 2. The zero-order chi connectivity index (χ0) is 39.6. The van der Waals surface area contributed by atoms with E-state index in [2.05, 4.69) is 236 Å². The minimum atomic E-state index is 0. The SMILES string of the molecule is CC1=CC=CC2[CH-]C3(C)C4(C)C=CC=CC4(C)C4(C)C=CC=CC4(C)C3(C)C12C.CC1=[C-]C(C)C=C1C(C)(C)C.[Cl-].[Cl-].[Zr+2]=[C](c1ccccc1)c1ccccc1. The molecule has 2 aromatic carbocycles. The Morgan fingerprint density at radius 2 is 1.11 bits per heavy atom. The van der Waals surface area contributed by atoms with Crippen molar-refractivity contribution in [1.82, 2.24) is 0 Å². The molecule has 2 fully saturated rings. The summed E-state index contributed by atoms with van der Waals surface area (Å²) >= 11 is 1.46. The number of allylic oxidation sites excluding steroid dienone is 16. The van der Waals surface area contributed by atoms with Gasteiger partial charge in [0.2, 0.25) is 0 Å². The molecule has 0 spiro atoms. The Kier molecular flexibility index (Phi) is 13.3. The van der Waals surface area contributed by atoms with Crippen LogP contribution < -0.4 is 24.8 Å². The van der Waals surface area contributed by atoms with E-state index in [1.807, 2.05) is 0 Å². The predicted octanol–water partition coefficient (Wildman–Crippen LogP) is 7.81. The van der Waals surface area contributed by atoms with E-state index in [9.17, 15) is 0 Å². The summed E-state index contributed by atoms with van der Waals surface area (Å²) in [6.07, 6.45) is 35.0. The molecule has 2 aromatic rings. The summed E-state index contributed by atoms with van der Waals surface area (Å²) in [5.41, 5.74) is 7.49. The molecular formula is C53H64Cl2Zr-2.